The number of hydrogen-bond donors (Lipinski definition) is 4. The maximum Gasteiger partial charge on any atom is 0.326 e. The first-order chi connectivity index (χ1) is 18.9. The van der Waals surface area contributed by atoms with Gasteiger partial charge in [0.25, 0.3) is 5.91 Å². The zero-order chi connectivity index (χ0) is 27.1. The number of aryl methyl sites for hydroxylation is 1. The van der Waals surface area contributed by atoms with Crippen LogP contribution in [-0.4, -0.2) is 42.7 Å². The summed E-state index contributed by atoms with van der Waals surface area (Å²) in [5.41, 5.74) is 5.17. The second-order valence-electron chi connectivity index (χ2n) is 10.3. The summed E-state index contributed by atoms with van der Waals surface area (Å²) in [4.78, 5) is 33.6. The molecule has 1 amide bonds. The molecule has 200 valence electrons. The number of nitrogens with one attached hydrogen (secondary N) is 2. The van der Waals surface area contributed by atoms with Crippen molar-refractivity contribution in [1.82, 2.24) is 19.9 Å². The first-order valence-corrected chi connectivity index (χ1v) is 13.3. The number of carboxylic acid groups (broad SMARTS) is 1. The first-order valence-electron chi connectivity index (χ1n) is 13.3. The number of amides is 1. The summed E-state index contributed by atoms with van der Waals surface area (Å²) in [7, 11) is 0. The van der Waals surface area contributed by atoms with Crippen LogP contribution in [0, 0.1) is 6.92 Å². The summed E-state index contributed by atoms with van der Waals surface area (Å²) >= 11 is 0. The van der Waals surface area contributed by atoms with E-state index < -0.39 is 17.9 Å². The standard InChI is InChI=1S/C30H30N4O5/c1-17-22(23-14-21(35)8-9-24(23)31-17)15-26(30(37)38)33-29(36)18-7-10-27-25(13-18)32-28(19-11-12-39-16-19)34(27)20-5-3-2-4-6-20/h7-14,16,20,26,31,35H,2-6,15H2,1H3,(H,33,36)(H,37,38)/t26-/m0/s1. The van der Waals surface area contributed by atoms with Crippen molar-refractivity contribution in [2.24, 2.45) is 0 Å². The van der Waals surface area contributed by atoms with E-state index in [4.69, 9.17) is 9.40 Å². The molecule has 0 saturated heterocycles. The number of carbonyl (C=O) groups excluding carboxylic acids is 1. The number of phenolic OH excluding ortho intramolecular Hbond substituents is 1. The van der Waals surface area contributed by atoms with Crippen LogP contribution in [0.1, 0.15) is 59.8 Å². The van der Waals surface area contributed by atoms with Gasteiger partial charge in [0, 0.05) is 34.6 Å². The van der Waals surface area contributed by atoms with Gasteiger partial charge in [-0.3, -0.25) is 4.79 Å². The number of carboxylic acids is 1. The van der Waals surface area contributed by atoms with Crippen LogP contribution < -0.4 is 5.32 Å². The molecule has 1 fully saturated rings. The second kappa shape index (κ2) is 9.98. The molecule has 1 saturated carbocycles. The molecule has 0 bridgehead atoms. The molecule has 0 spiro atoms. The van der Waals surface area contributed by atoms with Crippen LogP contribution in [0.2, 0.25) is 0 Å². The topological polar surface area (TPSA) is 133 Å². The molecule has 4 N–H and O–H groups in total. The molecule has 5 aromatic rings. The largest absolute Gasteiger partial charge is 0.508 e. The Kier molecular flexibility index (Phi) is 6.34. The summed E-state index contributed by atoms with van der Waals surface area (Å²) < 4.78 is 7.59. The molecule has 9 nitrogen and oxygen atoms in total. The molecule has 6 rings (SSSR count). The van der Waals surface area contributed by atoms with Gasteiger partial charge in [-0.15, -0.1) is 0 Å². The molecule has 2 aromatic carbocycles. The van der Waals surface area contributed by atoms with Crippen LogP contribution in [0.25, 0.3) is 33.3 Å². The molecule has 39 heavy (non-hydrogen) atoms. The van der Waals surface area contributed by atoms with Crippen molar-refractivity contribution < 1.29 is 24.2 Å². The van der Waals surface area contributed by atoms with Crippen LogP contribution in [0.5, 0.6) is 5.75 Å². The number of nitrogens with zero attached hydrogens (tertiary/aromatic N) is 2. The van der Waals surface area contributed by atoms with Crippen molar-refractivity contribution in [3.8, 4) is 17.1 Å². The highest BCUT2D eigenvalue weighted by atomic mass is 16.4. The van der Waals surface area contributed by atoms with E-state index >= 15 is 0 Å². The summed E-state index contributed by atoms with van der Waals surface area (Å²) in [6, 6.07) is 11.3. The number of fused-ring (bicyclic) bond motifs is 2. The predicted molar refractivity (Wildman–Crippen MR) is 147 cm³/mol. The van der Waals surface area contributed by atoms with E-state index in [-0.39, 0.29) is 12.2 Å². The number of phenols is 1. The van der Waals surface area contributed by atoms with Crippen molar-refractivity contribution in [2.45, 2.75) is 57.5 Å². The van der Waals surface area contributed by atoms with Crippen LogP contribution >= 0.6 is 0 Å². The number of aromatic hydroxyl groups is 1. The van der Waals surface area contributed by atoms with Gasteiger partial charge in [-0.05, 0) is 67.8 Å². The molecule has 3 aromatic heterocycles. The SMILES string of the molecule is Cc1[nH]c2ccc(O)cc2c1C[C@H](NC(=O)c1ccc2c(c1)nc(-c1ccoc1)n2C1CCCCC1)C(=O)O. The van der Waals surface area contributed by atoms with Gasteiger partial charge in [-0.2, -0.15) is 0 Å². The van der Waals surface area contributed by atoms with Crippen molar-refractivity contribution in [3.05, 3.63) is 71.8 Å². The van der Waals surface area contributed by atoms with Gasteiger partial charge in [0.05, 0.1) is 22.9 Å². The Labute approximate surface area is 224 Å². The summed E-state index contributed by atoms with van der Waals surface area (Å²) in [6.45, 7) is 1.85. The summed E-state index contributed by atoms with van der Waals surface area (Å²) in [5.74, 6) is -0.719. The maximum absolute atomic E-state index is 13.3. The molecule has 0 aliphatic heterocycles. The van der Waals surface area contributed by atoms with Gasteiger partial charge in [0.2, 0.25) is 0 Å². The van der Waals surface area contributed by atoms with Gasteiger partial charge in [-0.1, -0.05) is 19.3 Å². The highest BCUT2D eigenvalue weighted by Gasteiger charge is 2.26. The van der Waals surface area contributed by atoms with Gasteiger partial charge in [0.1, 0.15) is 23.9 Å². The fraction of sp³-hybridized carbons (Fsp3) is 0.300. The summed E-state index contributed by atoms with van der Waals surface area (Å²) in [6.07, 6.45) is 9.09. The third-order valence-corrected chi connectivity index (χ3v) is 7.79. The smallest absolute Gasteiger partial charge is 0.326 e. The number of imidazole rings is 1. The van der Waals surface area contributed by atoms with Gasteiger partial charge < -0.3 is 29.5 Å². The van der Waals surface area contributed by atoms with E-state index in [9.17, 15) is 19.8 Å². The lowest BCUT2D eigenvalue weighted by molar-refractivity contribution is -0.139. The van der Waals surface area contributed by atoms with E-state index in [2.05, 4.69) is 14.9 Å². The fourth-order valence-corrected chi connectivity index (χ4v) is 5.82. The molecular formula is C30H30N4O5. The van der Waals surface area contributed by atoms with Crippen LogP contribution in [0.3, 0.4) is 0 Å². The number of rotatable bonds is 7. The fourth-order valence-electron chi connectivity index (χ4n) is 5.82. The lowest BCUT2D eigenvalue weighted by atomic mass is 9.95. The number of aliphatic carboxylic acids is 1. The molecular weight excluding hydrogens is 496 g/mol. The monoisotopic (exact) mass is 526 g/mol. The minimum atomic E-state index is -1.16. The number of carbonyl (C=O) groups is 2. The quantitative estimate of drug-likeness (QED) is 0.214. The molecule has 1 atom stereocenters. The normalized spacial score (nSPS) is 15.1. The van der Waals surface area contributed by atoms with Crippen molar-refractivity contribution >= 4 is 33.8 Å². The van der Waals surface area contributed by atoms with Gasteiger partial charge >= 0.3 is 5.97 Å². The molecule has 9 heteroatoms. The molecule has 3 heterocycles. The average Bonchev–Trinajstić information content (AvgIpc) is 3.66. The molecule has 0 radical (unpaired) electrons. The Morgan fingerprint density at radius 2 is 1.97 bits per heavy atom. The Morgan fingerprint density at radius 1 is 1.15 bits per heavy atom. The van der Waals surface area contributed by atoms with E-state index in [0.29, 0.717) is 17.1 Å². The number of H-pyrrole nitrogens is 1. The number of hydrogen-bond acceptors (Lipinski definition) is 5. The Hall–Kier alpha value is -4.53. The summed E-state index contributed by atoms with van der Waals surface area (Å²) in [5, 5.41) is 23.3. The van der Waals surface area contributed by atoms with Crippen molar-refractivity contribution in [2.75, 3.05) is 0 Å². The van der Waals surface area contributed by atoms with E-state index in [0.717, 1.165) is 51.9 Å². The third kappa shape index (κ3) is 4.65. The number of aromatic nitrogens is 3. The minimum Gasteiger partial charge on any atom is -0.508 e. The van der Waals surface area contributed by atoms with Crippen molar-refractivity contribution in [3.63, 3.8) is 0 Å². The Bertz CT molecular complexity index is 1670. The molecule has 1 aliphatic carbocycles. The maximum atomic E-state index is 13.3. The lowest BCUT2D eigenvalue weighted by Gasteiger charge is -2.25. The van der Waals surface area contributed by atoms with Crippen LogP contribution in [0.4, 0.5) is 0 Å². The van der Waals surface area contributed by atoms with E-state index in [1.807, 2.05) is 19.1 Å². The van der Waals surface area contributed by atoms with Gasteiger partial charge in [-0.25, -0.2) is 9.78 Å². The number of benzene rings is 2. The van der Waals surface area contributed by atoms with E-state index in [1.165, 1.54) is 19.3 Å². The Balaban J connectivity index is 1.30. The van der Waals surface area contributed by atoms with Crippen LogP contribution in [0.15, 0.2) is 59.4 Å². The minimum absolute atomic E-state index is 0.0690. The van der Waals surface area contributed by atoms with Crippen molar-refractivity contribution in [1.29, 1.82) is 0 Å². The second-order valence-corrected chi connectivity index (χ2v) is 10.3. The Morgan fingerprint density at radius 3 is 2.72 bits per heavy atom. The zero-order valence-electron chi connectivity index (χ0n) is 21.6. The third-order valence-electron chi connectivity index (χ3n) is 7.79. The number of aromatic amines is 1. The average molecular weight is 527 g/mol. The van der Waals surface area contributed by atoms with E-state index in [1.54, 1.807) is 42.9 Å². The highest BCUT2D eigenvalue weighted by Crippen LogP contribution is 2.36. The highest BCUT2D eigenvalue weighted by molar-refractivity contribution is 6.00. The lowest BCUT2D eigenvalue weighted by Crippen LogP contribution is -2.42. The van der Waals surface area contributed by atoms with Crippen LogP contribution in [-0.2, 0) is 11.2 Å². The van der Waals surface area contributed by atoms with Gasteiger partial charge in [0.15, 0.2) is 0 Å². The predicted octanol–water partition coefficient (Wildman–Crippen LogP) is 5.72. The molecule has 0 unspecified atom stereocenters. The zero-order valence-corrected chi connectivity index (χ0v) is 21.6. The molecule has 1 aliphatic rings. The number of furan rings is 1. The first kappa shape index (κ1) is 24.8.